The zero-order valence-corrected chi connectivity index (χ0v) is 15.3. The van der Waals surface area contributed by atoms with Crippen molar-refractivity contribution >= 4 is 28.0 Å². The first-order chi connectivity index (χ1) is 13.6. The Morgan fingerprint density at radius 1 is 1.11 bits per heavy atom. The van der Waals surface area contributed by atoms with E-state index >= 15 is 0 Å². The number of nitrogens with zero attached hydrogens (tertiary/aromatic N) is 2. The predicted molar refractivity (Wildman–Crippen MR) is 103 cm³/mol. The summed E-state index contributed by atoms with van der Waals surface area (Å²) in [7, 11) is 0. The van der Waals surface area contributed by atoms with E-state index in [2.05, 4.69) is 4.98 Å². The third-order valence-electron chi connectivity index (χ3n) is 4.35. The number of carbonyl (C=O) groups is 1. The van der Waals surface area contributed by atoms with Crippen molar-refractivity contribution in [1.82, 2.24) is 9.55 Å². The van der Waals surface area contributed by atoms with Gasteiger partial charge in [0, 0.05) is 5.39 Å². The van der Waals surface area contributed by atoms with Gasteiger partial charge in [0.1, 0.15) is 36.6 Å². The first-order valence-electron chi connectivity index (χ1n) is 8.84. The zero-order valence-electron chi connectivity index (χ0n) is 15.3. The first kappa shape index (κ1) is 17.8. The molecule has 0 radical (unpaired) electrons. The molecule has 2 heterocycles. The summed E-state index contributed by atoms with van der Waals surface area (Å²) in [5.41, 5.74) is 1.77. The van der Waals surface area contributed by atoms with Gasteiger partial charge in [-0.15, -0.1) is 0 Å². The molecule has 0 aliphatic carbocycles. The van der Waals surface area contributed by atoms with Crippen molar-refractivity contribution in [2.45, 2.75) is 13.5 Å². The fourth-order valence-electron chi connectivity index (χ4n) is 2.94. The number of rotatable bonds is 6. The number of hydrogen-bond acceptors (Lipinski definition) is 6. The maximum atomic E-state index is 12.6. The molecule has 7 heteroatoms. The van der Waals surface area contributed by atoms with E-state index in [0.717, 1.165) is 16.7 Å². The number of esters is 1. The number of ether oxygens (including phenoxy) is 2. The van der Waals surface area contributed by atoms with E-state index in [1.807, 2.05) is 49.4 Å². The van der Waals surface area contributed by atoms with Crippen LogP contribution in [0.25, 0.3) is 22.1 Å². The second kappa shape index (κ2) is 7.56. The Labute approximate surface area is 160 Å². The lowest BCUT2D eigenvalue weighted by Gasteiger charge is -2.09. The molecule has 4 aromatic rings. The molecule has 0 atom stereocenters. The summed E-state index contributed by atoms with van der Waals surface area (Å²) in [4.78, 5) is 28.9. The zero-order chi connectivity index (χ0) is 19.5. The number of carbonyl (C=O) groups excluding carboxylic acids is 1. The van der Waals surface area contributed by atoms with Crippen LogP contribution in [0.4, 0.5) is 0 Å². The average Bonchev–Trinajstić information content (AvgIpc) is 3.08. The molecule has 0 aliphatic heterocycles. The Kier molecular flexibility index (Phi) is 4.80. The summed E-state index contributed by atoms with van der Waals surface area (Å²) in [5.74, 6) is 0.196. The van der Waals surface area contributed by atoms with E-state index in [-0.39, 0.29) is 25.3 Å². The lowest BCUT2D eigenvalue weighted by Crippen LogP contribution is -2.26. The average molecular weight is 378 g/mol. The molecule has 0 aliphatic rings. The van der Waals surface area contributed by atoms with Gasteiger partial charge in [-0.05, 0) is 30.7 Å². The Morgan fingerprint density at radius 2 is 1.89 bits per heavy atom. The van der Waals surface area contributed by atoms with E-state index in [9.17, 15) is 9.59 Å². The Morgan fingerprint density at radius 3 is 2.75 bits per heavy atom. The Hall–Kier alpha value is -3.61. The monoisotopic (exact) mass is 378 g/mol. The van der Waals surface area contributed by atoms with Gasteiger partial charge in [0.15, 0.2) is 0 Å². The van der Waals surface area contributed by atoms with Gasteiger partial charge >= 0.3 is 5.97 Å². The number of fused-ring (bicyclic) bond motifs is 3. The second-order valence-electron chi connectivity index (χ2n) is 6.29. The Balaban J connectivity index is 1.40. The molecule has 0 N–H and O–H groups in total. The smallest absolute Gasteiger partial charge is 0.326 e. The third-order valence-corrected chi connectivity index (χ3v) is 4.35. The van der Waals surface area contributed by atoms with Gasteiger partial charge < -0.3 is 13.9 Å². The molecule has 2 aromatic carbocycles. The molecular formula is C21H18N2O5. The van der Waals surface area contributed by atoms with Crippen LogP contribution in [-0.2, 0) is 16.1 Å². The van der Waals surface area contributed by atoms with Gasteiger partial charge in [0.05, 0.1) is 6.33 Å². The molecule has 4 rings (SSSR count). The SMILES string of the molecule is Cc1ccccc1OCCOC(=O)Cn1cnc2c(oc3ccccc32)c1=O. The van der Waals surface area contributed by atoms with Crippen molar-refractivity contribution in [3.05, 3.63) is 70.8 Å². The highest BCUT2D eigenvalue weighted by atomic mass is 16.6. The van der Waals surface area contributed by atoms with Crippen molar-refractivity contribution in [1.29, 1.82) is 0 Å². The van der Waals surface area contributed by atoms with E-state index in [1.165, 1.54) is 10.9 Å². The minimum absolute atomic E-state index is 0.0855. The molecule has 0 unspecified atom stereocenters. The lowest BCUT2D eigenvalue weighted by atomic mass is 10.2. The third kappa shape index (κ3) is 3.46. The molecule has 2 aromatic heterocycles. The molecule has 0 fully saturated rings. The van der Waals surface area contributed by atoms with Crippen molar-refractivity contribution in [3.8, 4) is 5.75 Å². The summed E-state index contributed by atoms with van der Waals surface area (Å²) in [6.07, 6.45) is 1.33. The molecule has 28 heavy (non-hydrogen) atoms. The standard InChI is InChI=1S/C21H18N2O5/c1-14-6-2-4-8-16(14)26-10-11-27-18(24)12-23-13-22-19-15-7-3-5-9-17(15)28-20(19)21(23)25/h2-9,13H,10-12H2,1H3. The highest BCUT2D eigenvalue weighted by Gasteiger charge is 2.15. The van der Waals surface area contributed by atoms with E-state index in [4.69, 9.17) is 13.9 Å². The maximum absolute atomic E-state index is 12.6. The van der Waals surface area contributed by atoms with Crippen LogP contribution < -0.4 is 10.3 Å². The fourth-order valence-corrected chi connectivity index (χ4v) is 2.94. The number of aromatic nitrogens is 2. The summed E-state index contributed by atoms with van der Waals surface area (Å²) in [6.45, 7) is 2.01. The molecule has 0 spiro atoms. The Bertz CT molecular complexity index is 1210. The molecule has 142 valence electrons. The fraction of sp³-hybridized carbons (Fsp3) is 0.190. The summed E-state index contributed by atoms with van der Waals surface area (Å²) in [5, 5.41) is 0.762. The van der Waals surface area contributed by atoms with Crippen molar-refractivity contribution < 1.29 is 18.7 Å². The quantitative estimate of drug-likeness (QED) is 0.379. The molecule has 0 saturated heterocycles. The predicted octanol–water partition coefficient (Wildman–Crippen LogP) is 3.07. The van der Waals surface area contributed by atoms with Crippen LogP contribution in [0.2, 0.25) is 0 Å². The van der Waals surface area contributed by atoms with E-state index < -0.39 is 11.5 Å². The van der Waals surface area contributed by atoms with Gasteiger partial charge in [-0.1, -0.05) is 30.3 Å². The van der Waals surface area contributed by atoms with E-state index in [0.29, 0.717) is 11.1 Å². The normalized spacial score (nSPS) is 11.0. The summed E-state index contributed by atoms with van der Waals surface area (Å²) >= 11 is 0. The van der Waals surface area contributed by atoms with Crippen LogP contribution in [0.3, 0.4) is 0 Å². The van der Waals surface area contributed by atoms with E-state index in [1.54, 1.807) is 6.07 Å². The maximum Gasteiger partial charge on any atom is 0.326 e. The van der Waals surface area contributed by atoms with Crippen LogP contribution >= 0.6 is 0 Å². The van der Waals surface area contributed by atoms with Crippen molar-refractivity contribution in [2.75, 3.05) is 13.2 Å². The van der Waals surface area contributed by atoms with Gasteiger partial charge in [-0.3, -0.25) is 14.2 Å². The molecular weight excluding hydrogens is 360 g/mol. The van der Waals surface area contributed by atoms with Crippen LogP contribution in [0, 0.1) is 6.92 Å². The summed E-state index contributed by atoms with van der Waals surface area (Å²) in [6, 6.07) is 14.9. The second-order valence-corrected chi connectivity index (χ2v) is 6.29. The highest BCUT2D eigenvalue weighted by Crippen LogP contribution is 2.24. The molecule has 7 nitrogen and oxygen atoms in total. The first-order valence-corrected chi connectivity index (χ1v) is 8.84. The molecule has 0 amide bonds. The number of benzene rings is 2. The lowest BCUT2D eigenvalue weighted by molar-refractivity contribution is -0.145. The largest absolute Gasteiger partial charge is 0.490 e. The topological polar surface area (TPSA) is 83.6 Å². The number of hydrogen-bond donors (Lipinski definition) is 0. The van der Waals surface area contributed by atoms with Gasteiger partial charge in [0.25, 0.3) is 5.56 Å². The van der Waals surface area contributed by atoms with Gasteiger partial charge in [-0.2, -0.15) is 0 Å². The number of furan rings is 1. The van der Waals surface area contributed by atoms with Crippen LogP contribution in [-0.4, -0.2) is 28.7 Å². The molecule has 0 bridgehead atoms. The molecule has 0 saturated carbocycles. The highest BCUT2D eigenvalue weighted by molar-refractivity contribution is 6.01. The van der Waals surface area contributed by atoms with Crippen LogP contribution in [0.1, 0.15) is 5.56 Å². The van der Waals surface area contributed by atoms with Gasteiger partial charge in [-0.25, -0.2) is 4.98 Å². The number of aryl methyl sites for hydroxylation is 1. The van der Waals surface area contributed by atoms with Crippen LogP contribution in [0.15, 0.2) is 64.1 Å². The van der Waals surface area contributed by atoms with Crippen molar-refractivity contribution in [3.63, 3.8) is 0 Å². The minimum atomic E-state index is -0.548. The summed E-state index contributed by atoms with van der Waals surface area (Å²) < 4.78 is 17.5. The van der Waals surface area contributed by atoms with Crippen molar-refractivity contribution in [2.24, 2.45) is 0 Å². The van der Waals surface area contributed by atoms with Crippen LogP contribution in [0.5, 0.6) is 5.75 Å². The van der Waals surface area contributed by atoms with Gasteiger partial charge in [0.2, 0.25) is 5.58 Å². The minimum Gasteiger partial charge on any atom is -0.490 e. The number of para-hydroxylation sites is 2.